The van der Waals surface area contributed by atoms with E-state index in [9.17, 15) is 21.6 Å². The van der Waals surface area contributed by atoms with Crippen molar-refractivity contribution in [1.29, 1.82) is 0 Å². The van der Waals surface area contributed by atoms with Gasteiger partial charge in [0.05, 0.1) is 16.8 Å². The highest BCUT2D eigenvalue weighted by molar-refractivity contribution is 7.93. The lowest BCUT2D eigenvalue weighted by Gasteiger charge is -1.98. The third-order valence-electron chi connectivity index (χ3n) is 2.11. The van der Waals surface area contributed by atoms with Crippen LogP contribution in [-0.2, 0) is 14.7 Å². The first-order chi connectivity index (χ1) is 9.86. The van der Waals surface area contributed by atoms with Crippen LogP contribution in [0.15, 0.2) is 27.6 Å². The predicted molar refractivity (Wildman–Crippen MR) is 73.0 cm³/mol. The quantitative estimate of drug-likeness (QED) is 0.413. The third-order valence-corrected chi connectivity index (χ3v) is 5.23. The smallest absolute Gasteiger partial charge is 0.301 e. The molecule has 1 rings (SSSR count). The summed E-state index contributed by atoms with van der Waals surface area (Å²) in [6, 6.07) is 0. The fourth-order valence-corrected chi connectivity index (χ4v) is 3.50. The van der Waals surface area contributed by atoms with Gasteiger partial charge in [-0.2, -0.15) is 8.78 Å². The molecule has 1 aromatic heterocycles. The number of thiazole rings is 1. The number of allylic oxidation sites excluding steroid dienone is 1. The second-order valence-electron chi connectivity index (χ2n) is 3.83. The molecule has 0 saturated heterocycles. The van der Waals surface area contributed by atoms with Crippen molar-refractivity contribution in [2.45, 2.75) is 24.1 Å². The maximum Gasteiger partial charge on any atom is 0.301 e. The van der Waals surface area contributed by atoms with Crippen molar-refractivity contribution in [3.05, 3.63) is 23.0 Å². The third kappa shape index (κ3) is 5.84. The fraction of sp³-hybridized carbons (Fsp3) is 0.455. The molecule has 1 heterocycles. The van der Waals surface area contributed by atoms with Crippen LogP contribution >= 0.6 is 11.3 Å². The molecular formula is C11H13F3N2O3S2. The van der Waals surface area contributed by atoms with Crippen molar-refractivity contribution in [1.82, 2.24) is 4.98 Å². The van der Waals surface area contributed by atoms with Crippen molar-refractivity contribution in [2.75, 3.05) is 12.4 Å². The molecule has 0 fully saturated rings. The SMILES string of the molecule is CCCON=Cc1cnc(S(=O)(=O)CCC(F)=C(F)F)s1. The summed E-state index contributed by atoms with van der Waals surface area (Å²) in [7, 11) is -3.91. The molecule has 0 spiro atoms. The molecule has 0 bridgehead atoms. The Balaban J connectivity index is 2.70. The van der Waals surface area contributed by atoms with E-state index in [0.29, 0.717) is 11.5 Å². The molecular weight excluding hydrogens is 329 g/mol. The summed E-state index contributed by atoms with van der Waals surface area (Å²) in [6.45, 7) is 2.33. The summed E-state index contributed by atoms with van der Waals surface area (Å²) in [6.07, 6.45) is -0.0472. The van der Waals surface area contributed by atoms with Gasteiger partial charge in [0.1, 0.15) is 6.61 Å². The molecule has 0 aromatic carbocycles. The second-order valence-corrected chi connectivity index (χ2v) is 7.18. The fourth-order valence-electron chi connectivity index (χ4n) is 1.11. The highest BCUT2D eigenvalue weighted by atomic mass is 32.2. The van der Waals surface area contributed by atoms with Crippen LogP contribution in [0.5, 0.6) is 0 Å². The van der Waals surface area contributed by atoms with Crippen LogP contribution in [0.2, 0.25) is 0 Å². The summed E-state index contributed by atoms with van der Waals surface area (Å²) >= 11 is 0.804. The van der Waals surface area contributed by atoms with Crippen LogP contribution in [-0.4, -0.2) is 32.0 Å². The molecule has 0 N–H and O–H groups in total. The molecule has 0 atom stereocenters. The summed E-state index contributed by atoms with van der Waals surface area (Å²) in [5.74, 6) is -2.50. The van der Waals surface area contributed by atoms with E-state index in [-0.39, 0.29) is 4.34 Å². The number of hydrogen-bond donors (Lipinski definition) is 0. The lowest BCUT2D eigenvalue weighted by atomic mass is 10.4. The van der Waals surface area contributed by atoms with E-state index in [1.807, 2.05) is 6.92 Å². The highest BCUT2D eigenvalue weighted by Gasteiger charge is 2.20. The standard InChI is InChI=1S/C11H13F3N2O3S2/c1-2-4-19-16-7-8-6-15-11(20-8)21(17,18)5-3-9(12)10(13)14/h6-7H,2-5H2,1H3. The number of oxime groups is 1. The van der Waals surface area contributed by atoms with Crippen molar-refractivity contribution >= 4 is 27.4 Å². The zero-order valence-corrected chi connectivity index (χ0v) is 12.7. The van der Waals surface area contributed by atoms with E-state index in [1.54, 1.807) is 0 Å². The van der Waals surface area contributed by atoms with Gasteiger partial charge < -0.3 is 4.84 Å². The van der Waals surface area contributed by atoms with Gasteiger partial charge in [0.25, 0.3) is 0 Å². The van der Waals surface area contributed by atoms with E-state index >= 15 is 0 Å². The van der Waals surface area contributed by atoms with Gasteiger partial charge in [0, 0.05) is 12.6 Å². The molecule has 1 aromatic rings. The van der Waals surface area contributed by atoms with E-state index in [2.05, 4.69) is 10.1 Å². The number of sulfone groups is 1. The van der Waals surface area contributed by atoms with Crippen LogP contribution < -0.4 is 0 Å². The van der Waals surface area contributed by atoms with Crippen LogP contribution in [0.1, 0.15) is 24.6 Å². The lowest BCUT2D eigenvalue weighted by Crippen LogP contribution is -2.06. The van der Waals surface area contributed by atoms with E-state index in [1.165, 1.54) is 12.4 Å². The Labute approximate surface area is 124 Å². The number of nitrogens with zero attached hydrogens (tertiary/aromatic N) is 2. The maximum atomic E-state index is 12.6. The predicted octanol–water partition coefficient (Wildman–Crippen LogP) is 3.15. The van der Waals surface area contributed by atoms with Gasteiger partial charge in [-0.15, -0.1) is 11.3 Å². The summed E-state index contributed by atoms with van der Waals surface area (Å²) in [5, 5.41) is 3.61. The average molecular weight is 342 g/mol. The Morgan fingerprint density at radius 1 is 1.48 bits per heavy atom. The van der Waals surface area contributed by atoms with Crippen molar-refractivity contribution < 1.29 is 26.4 Å². The normalized spacial score (nSPS) is 11.8. The van der Waals surface area contributed by atoms with Gasteiger partial charge in [0.2, 0.25) is 14.2 Å². The Kier molecular flexibility index (Phi) is 6.82. The molecule has 0 aliphatic rings. The van der Waals surface area contributed by atoms with E-state index in [4.69, 9.17) is 4.84 Å². The molecule has 5 nitrogen and oxygen atoms in total. The molecule has 0 saturated carbocycles. The molecule has 0 radical (unpaired) electrons. The van der Waals surface area contributed by atoms with Crippen LogP contribution in [0.25, 0.3) is 0 Å². The van der Waals surface area contributed by atoms with Gasteiger partial charge in [-0.1, -0.05) is 12.1 Å². The minimum Gasteiger partial charge on any atom is -0.396 e. The largest absolute Gasteiger partial charge is 0.396 e. The molecule has 0 aliphatic heterocycles. The number of hydrogen-bond acceptors (Lipinski definition) is 6. The first-order valence-electron chi connectivity index (χ1n) is 5.90. The number of aromatic nitrogens is 1. The first-order valence-corrected chi connectivity index (χ1v) is 8.37. The zero-order chi connectivity index (χ0) is 15.9. The van der Waals surface area contributed by atoms with Gasteiger partial charge in [-0.05, 0) is 6.42 Å². The zero-order valence-electron chi connectivity index (χ0n) is 11.1. The van der Waals surface area contributed by atoms with Crippen LogP contribution in [0, 0.1) is 0 Å². The average Bonchev–Trinajstić information content (AvgIpc) is 2.90. The molecule has 0 amide bonds. The monoisotopic (exact) mass is 342 g/mol. The number of halogens is 3. The Hall–Kier alpha value is -1.42. The minimum absolute atomic E-state index is 0.272. The molecule has 118 valence electrons. The lowest BCUT2D eigenvalue weighted by molar-refractivity contribution is 0.146. The van der Waals surface area contributed by atoms with Gasteiger partial charge >= 0.3 is 6.08 Å². The van der Waals surface area contributed by atoms with E-state index < -0.39 is 33.9 Å². The van der Waals surface area contributed by atoms with Gasteiger partial charge in [0.15, 0.2) is 5.83 Å². The highest BCUT2D eigenvalue weighted by Crippen LogP contribution is 2.21. The summed E-state index contributed by atoms with van der Waals surface area (Å²) in [4.78, 5) is 8.94. The van der Waals surface area contributed by atoms with Gasteiger partial charge in [-0.3, -0.25) is 0 Å². The Morgan fingerprint density at radius 3 is 2.81 bits per heavy atom. The Bertz CT molecular complexity index is 622. The molecule has 0 unspecified atom stereocenters. The molecule has 21 heavy (non-hydrogen) atoms. The second kappa shape index (κ2) is 8.13. The van der Waals surface area contributed by atoms with Crippen molar-refractivity contribution in [3.63, 3.8) is 0 Å². The summed E-state index contributed by atoms with van der Waals surface area (Å²) < 4.78 is 59.7. The minimum atomic E-state index is -3.91. The Morgan fingerprint density at radius 2 is 2.19 bits per heavy atom. The van der Waals surface area contributed by atoms with E-state index in [0.717, 1.165) is 17.8 Å². The van der Waals surface area contributed by atoms with Crippen molar-refractivity contribution in [3.8, 4) is 0 Å². The summed E-state index contributed by atoms with van der Waals surface area (Å²) in [5.41, 5.74) is 0. The van der Waals surface area contributed by atoms with Crippen molar-refractivity contribution in [2.24, 2.45) is 5.16 Å². The maximum absolute atomic E-state index is 12.6. The molecule has 0 aliphatic carbocycles. The first kappa shape index (κ1) is 17.6. The van der Waals surface area contributed by atoms with Crippen LogP contribution in [0.4, 0.5) is 13.2 Å². The van der Waals surface area contributed by atoms with Crippen LogP contribution in [0.3, 0.4) is 0 Å². The van der Waals surface area contributed by atoms with Gasteiger partial charge in [-0.25, -0.2) is 17.8 Å². The number of rotatable bonds is 8. The molecule has 10 heteroatoms. The topological polar surface area (TPSA) is 68.6 Å².